The van der Waals surface area contributed by atoms with Crippen LogP contribution in [0, 0.1) is 11.3 Å². The Labute approximate surface area is 83.0 Å². The summed E-state index contributed by atoms with van der Waals surface area (Å²) < 4.78 is 1.76. The summed E-state index contributed by atoms with van der Waals surface area (Å²) in [7, 11) is 1.82. The molecule has 0 radical (unpaired) electrons. The lowest BCUT2D eigenvalue weighted by molar-refractivity contribution is 0.709. The van der Waals surface area contributed by atoms with Gasteiger partial charge < -0.3 is 4.57 Å². The third-order valence-electron chi connectivity index (χ3n) is 2.01. The van der Waals surface area contributed by atoms with Gasteiger partial charge in [-0.1, -0.05) is 24.9 Å². The standard InChI is InChI=1S/C9H12ClN3/c1-3-4-5-8-12-9(10)7(6-11)13(8)2/h3-5H2,1-2H3. The van der Waals surface area contributed by atoms with Gasteiger partial charge in [-0.15, -0.1) is 0 Å². The highest BCUT2D eigenvalue weighted by Crippen LogP contribution is 2.16. The Morgan fingerprint density at radius 3 is 2.77 bits per heavy atom. The van der Waals surface area contributed by atoms with Crippen molar-refractivity contribution in [3.8, 4) is 6.07 Å². The number of unbranched alkanes of at least 4 members (excludes halogenated alkanes) is 1. The summed E-state index contributed by atoms with van der Waals surface area (Å²) in [6.45, 7) is 2.12. The predicted molar refractivity (Wildman–Crippen MR) is 51.5 cm³/mol. The molecule has 0 spiro atoms. The van der Waals surface area contributed by atoms with Crippen molar-refractivity contribution in [2.75, 3.05) is 0 Å². The van der Waals surface area contributed by atoms with Crippen molar-refractivity contribution in [2.45, 2.75) is 26.2 Å². The van der Waals surface area contributed by atoms with Crippen molar-refractivity contribution < 1.29 is 0 Å². The van der Waals surface area contributed by atoms with Crippen LogP contribution in [0.15, 0.2) is 0 Å². The van der Waals surface area contributed by atoms with Gasteiger partial charge in [-0.05, 0) is 6.42 Å². The van der Waals surface area contributed by atoms with Crippen LogP contribution in [-0.4, -0.2) is 9.55 Å². The number of nitrogens with zero attached hydrogens (tertiary/aromatic N) is 3. The zero-order valence-corrected chi connectivity index (χ0v) is 8.60. The fourth-order valence-corrected chi connectivity index (χ4v) is 1.45. The molecule has 0 saturated carbocycles. The number of nitriles is 1. The van der Waals surface area contributed by atoms with Gasteiger partial charge in [0.25, 0.3) is 0 Å². The molecular weight excluding hydrogens is 186 g/mol. The maximum Gasteiger partial charge on any atom is 0.165 e. The maximum atomic E-state index is 8.74. The van der Waals surface area contributed by atoms with Gasteiger partial charge in [0.15, 0.2) is 10.8 Å². The Morgan fingerprint density at radius 2 is 2.31 bits per heavy atom. The van der Waals surface area contributed by atoms with Crippen molar-refractivity contribution >= 4 is 11.6 Å². The third kappa shape index (κ3) is 2.02. The molecule has 1 heterocycles. The average Bonchev–Trinajstić information content (AvgIpc) is 2.38. The minimum Gasteiger partial charge on any atom is -0.322 e. The second kappa shape index (κ2) is 4.29. The molecule has 0 aliphatic carbocycles. The number of hydrogen-bond acceptors (Lipinski definition) is 2. The van der Waals surface area contributed by atoms with Gasteiger partial charge in [-0.25, -0.2) is 4.98 Å². The minimum absolute atomic E-state index is 0.316. The van der Waals surface area contributed by atoms with Crippen LogP contribution in [0.5, 0.6) is 0 Å². The molecule has 13 heavy (non-hydrogen) atoms. The van der Waals surface area contributed by atoms with Crippen LogP contribution in [0.1, 0.15) is 31.3 Å². The highest BCUT2D eigenvalue weighted by molar-refractivity contribution is 6.30. The van der Waals surface area contributed by atoms with Gasteiger partial charge in [0.2, 0.25) is 0 Å². The summed E-state index contributed by atoms with van der Waals surface area (Å²) in [6, 6.07) is 2.03. The zero-order valence-electron chi connectivity index (χ0n) is 7.84. The summed E-state index contributed by atoms with van der Waals surface area (Å²) in [4.78, 5) is 4.12. The van der Waals surface area contributed by atoms with Gasteiger partial charge in [-0.2, -0.15) is 5.26 Å². The Balaban J connectivity index is 2.92. The lowest BCUT2D eigenvalue weighted by atomic mass is 10.2. The molecule has 1 aromatic rings. The minimum atomic E-state index is 0.316. The number of hydrogen-bond donors (Lipinski definition) is 0. The molecule has 0 atom stereocenters. The molecule has 0 aromatic carbocycles. The molecular formula is C9H12ClN3. The molecule has 0 fully saturated rings. The van der Waals surface area contributed by atoms with E-state index in [9.17, 15) is 0 Å². The maximum absolute atomic E-state index is 8.74. The van der Waals surface area contributed by atoms with Crippen molar-refractivity contribution in [2.24, 2.45) is 7.05 Å². The van der Waals surface area contributed by atoms with Crippen LogP contribution in [0.4, 0.5) is 0 Å². The number of imidazole rings is 1. The Bertz CT molecular complexity index is 335. The Kier molecular flexibility index (Phi) is 3.32. The smallest absolute Gasteiger partial charge is 0.165 e. The van der Waals surface area contributed by atoms with Crippen LogP contribution in [0.2, 0.25) is 5.15 Å². The van der Waals surface area contributed by atoms with Crippen molar-refractivity contribution in [3.63, 3.8) is 0 Å². The number of aryl methyl sites for hydroxylation is 1. The van der Waals surface area contributed by atoms with Crippen LogP contribution < -0.4 is 0 Å². The molecule has 0 bridgehead atoms. The van der Waals surface area contributed by atoms with E-state index in [1.165, 1.54) is 0 Å². The second-order valence-electron chi connectivity index (χ2n) is 2.94. The molecule has 0 amide bonds. The molecule has 0 N–H and O–H groups in total. The van der Waals surface area contributed by atoms with Crippen LogP contribution in [-0.2, 0) is 13.5 Å². The van der Waals surface area contributed by atoms with Crippen LogP contribution in [0.25, 0.3) is 0 Å². The monoisotopic (exact) mass is 197 g/mol. The second-order valence-corrected chi connectivity index (χ2v) is 3.30. The molecule has 0 unspecified atom stereocenters. The van der Waals surface area contributed by atoms with E-state index in [2.05, 4.69) is 11.9 Å². The van der Waals surface area contributed by atoms with Crippen molar-refractivity contribution in [1.29, 1.82) is 5.26 Å². The van der Waals surface area contributed by atoms with Crippen LogP contribution in [0.3, 0.4) is 0 Å². The van der Waals surface area contributed by atoms with Gasteiger partial charge in [-0.3, -0.25) is 0 Å². The number of halogens is 1. The predicted octanol–water partition coefficient (Wildman–Crippen LogP) is 2.29. The first-order valence-corrected chi connectivity index (χ1v) is 4.69. The van der Waals surface area contributed by atoms with E-state index in [1.807, 2.05) is 13.1 Å². The molecule has 3 nitrogen and oxygen atoms in total. The molecule has 4 heteroatoms. The first-order valence-electron chi connectivity index (χ1n) is 4.31. The van der Waals surface area contributed by atoms with Gasteiger partial charge >= 0.3 is 0 Å². The topological polar surface area (TPSA) is 41.6 Å². The molecule has 0 aliphatic heterocycles. The van der Waals surface area contributed by atoms with E-state index in [0.717, 1.165) is 25.1 Å². The average molecular weight is 198 g/mol. The summed E-state index contributed by atoms with van der Waals surface area (Å²) >= 11 is 5.77. The highest BCUT2D eigenvalue weighted by Gasteiger charge is 2.11. The number of aromatic nitrogens is 2. The SMILES string of the molecule is CCCCc1nc(Cl)c(C#N)n1C. The summed E-state index contributed by atoms with van der Waals surface area (Å²) in [5.41, 5.74) is 0.452. The van der Waals surface area contributed by atoms with E-state index < -0.39 is 0 Å². The van der Waals surface area contributed by atoms with Crippen LogP contribution >= 0.6 is 11.6 Å². The first kappa shape index (κ1) is 10.1. The van der Waals surface area contributed by atoms with Gasteiger partial charge in [0.05, 0.1) is 0 Å². The van der Waals surface area contributed by atoms with Gasteiger partial charge in [0.1, 0.15) is 11.9 Å². The first-order chi connectivity index (χ1) is 6.20. The van der Waals surface area contributed by atoms with E-state index in [0.29, 0.717) is 10.8 Å². The molecule has 0 aliphatic rings. The largest absolute Gasteiger partial charge is 0.322 e. The molecule has 1 rings (SSSR count). The highest BCUT2D eigenvalue weighted by atomic mass is 35.5. The summed E-state index contributed by atoms with van der Waals surface area (Å²) in [5, 5.41) is 9.06. The van der Waals surface area contributed by atoms with Crippen molar-refractivity contribution in [3.05, 3.63) is 16.7 Å². The Morgan fingerprint density at radius 1 is 1.62 bits per heavy atom. The van der Waals surface area contributed by atoms with E-state index in [-0.39, 0.29) is 0 Å². The lowest BCUT2D eigenvalue weighted by Crippen LogP contribution is -1.99. The Hall–Kier alpha value is -1.01. The third-order valence-corrected chi connectivity index (χ3v) is 2.27. The fourth-order valence-electron chi connectivity index (χ4n) is 1.19. The summed E-state index contributed by atoms with van der Waals surface area (Å²) in [5.74, 6) is 0.892. The van der Waals surface area contributed by atoms with Crippen molar-refractivity contribution in [1.82, 2.24) is 9.55 Å². The normalized spacial score (nSPS) is 10.0. The summed E-state index contributed by atoms with van der Waals surface area (Å²) in [6.07, 6.45) is 3.08. The fraction of sp³-hybridized carbons (Fsp3) is 0.556. The van der Waals surface area contributed by atoms with E-state index >= 15 is 0 Å². The molecule has 70 valence electrons. The van der Waals surface area contributed by atoms with E-state index in [1.54, 1.807) is 4.57 Å². The molecule has 1 aromatic heterocycles. The van der Waals surface area contributed by atoms with Gasteiger partial charge in [0, 0.05) is 13.5 Å². The molecule has 0 saturated heterocycles. The number of rotatable bonds is 3. The zero-order chi connectivity index (χ0) is 9.84. The van der Waals surface area contributed by atoms with E-state index in [4.69, 9.17) is 16.9 Å². The quantitative estimate of drug-likeness (QED) is 0.746. The lowest BCUT2D eigenvalue weighted by Gasteiger charge is -1.99.